The number of amides is 1. The van der Waals surface area contributed by atoms with E-state index in [0.717, 1.165) is 60.5 Å². The standard InChI is InChI=1S/C17H24N6OS/c1-3-7-14-15(25-22-21-14)16(24)18-11-13-10-12(2)19-17(20-13)23-8-5-4-6-9-23/h10H,3-9,11H2,1-2H3,(H,18,24). The highest BCUT2D eigenvalue weighted by Crippen LogP contribution is 2.17. The summed E-state index contributed by atoms with van der Waals surface area (Å²) >= 11 is 1.15. The summed E-state index contributed by atoms with van der Waals surface area (Å²) in [5.74, 6) is 0.643. The molecule has 3 heterocycles. The van der Waals surface area contributed by atoms with Crippen LogP contribution in [0.15, 0.2) is 6.07 Å². The summed E-state index contributed by atoms with van der Waals surface area (Å²) in [6.45, 7) is 6.41. The lowest BCUT2D eigenvalue weighted by Gasteiger charge is -2.27. The molecule has 0 saturated carbocycles. The third-order valence-corrected chi connectivity index (χ3v) is 4.98. The molecule has 1 saturated heterocycles. The number of nitrogens with zero attached hydrogens (tertiary/aromatic N) is 5. The molecule has 0 spiro atoms. The second kappa shape index (κ2) is 8.33. The highest BCUT2D eigenvalue weighted by atomic mass is 32.1. The van der Waals surface area contributed by atoms with Gasteiger partial charge in [0.15, 0.2) is 0 Å². The van der Waals surface area contributed by atoms with E-state index in [4.69, 9.17) is 0 Å². The summed E-state index contributed by atoms with van der Waals surface area (Å²) in [5.41, 5.74) is 2.53. The van der Waals surface area contributed by atoms with Crippen molar-refractivity contribution in [3.8, 4) is 0 Å². The molecule has 2 aromatic heterocycles. The fourth-order valence-electron chi connectivity index (χ4n) is 2.98. The van der Waals surface area contributed by atoms with Crippen LogP contribution in [0.3, 0.4) is 0 Å². The van der Waals surface area contributed by atoms with E-state index in [9.17, 15) is 4.79 Å². The summed E-state index contributed by atoms with van der Waals surface area (Å²) in [6, 6.07) is 1.92. The first-order valence-electron chi connectivity index (χ1n) is 8.86. The number of nitrogens with one attached hydrogen (secondary N) is 1. The van der Waals surface area contributed by atoms with Crippen LogP contribution in [0.2, 0.25) is 0 Å². The lowest BCUT2D eigenvalue weighted by molar-refractivity contribution is 0.0953. The number of carbonyl (C=O) groups is 1. The molecular formula is C17H24N6OS. The van der Waals surface area contributed by atoms with E-state index in [1.54, 1.807) is 0 Å². The summed E-state index contributed by atoms with van der Waals surface area (Å²) in [4.78, 5) is 24.4. The van der Waals surface area contributed by atoms with E-state index in [0.29, 0.717) is 11.4 Å². The van der Waals surface area contributed by atoms with Crippen LogP contribution in [0.25, 0.3) is 0 Å². The Labute approximate surface area is 152 Å². The fraction of sp³-hybridized carbons (Fsp3) is 0.588. The molecule has 0 aromatic carbocycles. The van der Waals surface area contributed by atoms with Gasteiger partial charge < -0.3 is 10.2 Å². The van der Waals surface area contributed by atoms with E-state index >= 15 is 0 Å². The van der Waals surface area contributed by atoms with Crippen molar-refractivity contribution >= 4 is 23.4 Å². The Morgan fingerprint density at radius 3 is 2.84 bits per heavy atom. The first-order chi connectivity index (χ1) is 12.2. The van der Waals surface area contributed by atoms with Gasteiger partial charge in [0.25, 0.3) is 5.91 Å². The Morgan fingerprint density at radius 1 is 1.28 bits per heavy atom. The van der Waals surface area contributed by atoms with Crippen molar-refractivity contribution in [2.24, 2.45) is 0 Å². The molecule has 0 radical (unpaired) electrons. The van der Waals surface area contributed by atoms with Crippen molar-refractivity contribution in [2.45, 2.75) is 52.5 Å². The van der Waals surface area contributed by atoms with E-state index in [1.807, 2.05) is 13.0 Å². The molecule has 25 heavy (non-hydrogen) atoms. The largest absolute Gasteiger partial charge is 0.346 e. The second-order valence-corrected chi connectivity index (χ2v) is 7.08. The molecule has 0 bridgehead atoms. The Hall–Kier alpha value is -2.09. The average molecular weight is 360 g/mol. The van der Waals surface area contributed by atoms with Gasteiger partial charge in [0, 0.05) is 18.8 Å². The van der Waals surface area contributed by atoms with Gasteiger partial charge in [-0.05, 0) is 50.2 Å². The van der Waals surface area contributed by atoms with Gasteiger partial charge in [0.1, 0.15) is 4.88 Å². The third-order valence-electron chi connectivity index (χ3n) is 4.21. The molecule has 8 heteroatoms. The van der Waals surface area contributed by atoms with Crippen LogP contribution < -0.4 is 10.2 Å². The molecule has 1 aliphatic heterocycles. The number of hydrogen-bond acceptors (Lipinski definition) is 7. The molecule has 0 aliphatic carbocycles. The quantitative estimate of drug-likeness (QED) is 0.852. The van der Waals surface area contributed by atoms with E-state index in [2.05, 4.69) is 36.7 Å². The molecule has 1 aliphatic rings. The van der Waals surface area contributed by atoms with E-state index < -0.39 is 0 Å². The first kappa shape index (κ1) is 17.7. The fourth-order valence-corrected chi connectivity index (χ4v) is 3.60. The molecule has 1 N–H and O–H groups in total. The van der Waals surface area contributed by atoms with E-state index in [1.165, 1.54) is 19.3 Å². The summed E-state index contributed by atoms with van der Waals surface area (Å²) in [5, 5.41) is 6.99. The van der Waals surface area contributed by atoms with Crippen LogP contribution in [0.5, 0.6) is 0 Å². The molecule has 7 nitrogen and oxygen atoms in total. The molecule has 134 valence electrons. The first-order valence-corrected chi connectivity index (χ1v) is 9.63. The van der Waals surface area contributed by atoms with Crippen molar-refractivity contribution in [3.05, 3.63) is 28.0 Å². The lowest BCUT2D eigenvalue weighted by Crippen LogP contribution is -2.32. The Kier molecular flexibility index (Phi) is 5.91. The number of aryl methyl sites for hydroxylation is 2. The zero-order valence-electron chi connectivity index (χ0n) is 14.8. The van der Waals surface area contributed by atoms with Crippen LogP contribution in [-0.4, -0.2) is 38.6 Å². The number of aromatic nitrogens is 4. The minimum atomic E-state index is -0.130. The second-order valence-electron chi connectivity index (χ2n) is 6.33. The Balaban J connectivity index is 1.67. The molecule has 1 fully saturated rings. The van der Waals surface area contributed by atoms with E-state index in [-0.39, 0.29) is 5.91 Å². The molecule has 3 rings (SSSR count). The van der Waals surface area contributed by atoms with Crippen LogP contribution >= 0.6 is 11.5 Å². The van der Waals surface area contributed by atoms with Gasteiger partial charge in [-0.1, -0.05) is 17.8 Å². The summed E-state index contributed by atoms with van der Waals surface area (Å²) < 4.78 is 3.90. The number of anilines is 1. The highest BCUT2D eigenvalue weighted by molar-refractivity contribution is 7.08. The van der Waals surface area contributed by atoms with Gasteiger partial charge in [-0.25, -0.2) is 9.97 Å². The predicted octanol–water partition coefficient (Wildman–Crippen LogP) is 2.51. The monoisotopic (exact) mass is 360 g/mol. The van der Waals surface area contributed by atoms with Gasteiger partial charge >= 0.3 is 0 Å². The van der Waals surface area contributed by atoms with Crippen molar-refractivity contribution in [1.29, 1.82) is 0 Å². The van der Waals surface area contributed by atoms with Crippen LogP contribution in [-0.2, 0) is 13.0 Å². The maximum atomic E-state index is 12.4. The van der Waals surface area contributed by atoms with Crippen molar-refractivity contribution in [3.63, 3.8) is 0 Å². The van der Waals surface area contributed by atoms with Gasteiger partial charge in [0.05, 0.1) is 17.9 Å². The van der Waals surface area contributed by atoms with Gasteiger partial charge in [-0.15, -0.1) is 5.10 Å². The topological polar surface area (TPSA) is 83.9 Å². The zero-order chi connectivity index (χ0) is 17.6. The SMILES string of the molecule is CCCc1nnsc1C(=O)NCc1cc(C)nc(N2CCCCC2)n1. The third kappa shape index (κ3) is 4.50. The number of piperidine rings is 1. The van der Waals surface area contributed by atoms with Crippen LogP contribution in [0, 0.1) is 6.92 Å². The normalized spacial score (nSPS) is 14.6. The van der Waals surface area contributed by atoms with Gasteiger partial charge in [-0.3, -0.25) is 4.79 Å². The maximum Gasteiger partial charge on any atom is 0.265 e. The highest BCUT2D eigenvalue weighted by Gasteiger charge is 2.17. The minimum absolute atomic E-state index is 0.130. The summed E-state index contributed by atoms with van der Waals surface area (Å²) in [7, 11) is 0. The van der Waals surface area contributed by atoms with Crippen LogP contribution in [0.1, 0.15) is 59.4 Å². The van der Waals surface area contributed by atoms with Crippen molar-refractivity contribution in [1.82, 2.24) is 24.9 Å². The number of carbonyl (C=O) groups excluding carboxylic acids is 1. The Morgan fingerprint density at radius 2 is 2.08 bits per heavy atom. The average Bonchev–Trinajstić information content (AvgIpc) is 3.09. The number of hydrogen-bond donors (Lipinski definition) is 1. The van der Waals surface area contributed by atoms with Gasteiger partial charge in [-0.2, -0.15) is 0 Å². The van der Waals surface area contributed by atoms with Crippen molar-refractivity contribution in [2.75, 3.05) is 18.0 Å². The maximum absolute atomic E-state index is 12.4. The van der Waals surface area contributed by atoms with Gasteiger partial charge in [0.2, 0.25) is 5.95 Å². The predicted molar refractivity (Wildman–Crippen MR) is 97.9 cm³/mol. The summed E-state index contributed by atoms with van der Waals surface area (Å²) in [6.07, 6.45) is 5.35. The molecular weight excluding hydrogens is 336 g/mol. The minimum Gasteiger partial charge on any atom is -0.346 e. The van der Waals surface area contributed by atoms with Crippen molar-refractivity contribution < 1.29 is 4.79 Å². The van der Waals surface area contributed by atoms with Crippen LogP contribution in [0.4, 0.5) is 5.95 Å². The smallest absolute Gasteiger partial charge is 0.265 e. The zero-order valence-corrected chi connectivity index (χ0v) is 15.6. The molecule has 2 aromatic rings. The molecule has 0 unspecified atom stereocenters. The lowest BCUT2D eigenvalue weighted by atomic mass is 10.1. The number of rotatable bonds is 6. The Bertz CT molecular complexity index is 726. The molecule has 1 amide bonds. The molecule has 0 atom stereocenters.